The molecule has 0 amide bonds. The Morgan fingerprint density at radius 3 is 2.35 bits per heavy atom. The summed E-state index contributed by atoms with van der Waals surface area (Å²) >= 11 is 3.76. The zero-order valence-electron chi connectivity index (χ0n) is 9.93. The average Bonchev–Trinajstić information content (AvgIpc) is 2.40. The first-order valence-corrected chi connectivity index (χ1v) is 7.91. The summed E-state index contributed by atoms with van der Waals surface area (Å²) in [5.74, 6) is 1.14. The first-order valence-electron chi connectivity index (χ1n) is 5.70. The Balaban J connectivity index is 1.90. The van der Waals surface area contributed by atoms with Crippen molar-refractivity contribution in [1.29, 1.82) is 0 Å². The van der Waals surface area contributed by atoms with Crippen LogP contribution in [0, 0.1) is 0 Å². The number of benzene rings is 2. The van der Waals surface area contributed by atoms with E-state index >= 15 is 0 Å². The number of hydrogen-bond donors (Lipinski definition) is 0. The molecule has 2 heteroatoms. The van der Waals surface area contributed by atoms with Crippen LogP contribution in [0.1, 0.15) is 5.56 Å². The second-order valence-electron chi connectivity index (χ2n) is 3.72. The van der Waals surface area contributed by atoms with Gasteiger partial charge in [-0.1, -0.05) is 36.4 Å². The van der Waals surface area contributed by atoms with Crippen molar-refractivity contribution >= 4 is 23.5 Å². The van der Waals surface area contributed by atoms with E-state index in [1.807, 2.05) is 23.5 Å². The zero-order chi connectivity index (χ0) is 11.9. The van der Waals surface area contributed by atoms with E-state index in [1.165, 1.54) is 15.4 Å². The van der Waals surface area contributed by atoms with Crippen LogP contribution in [0.15, 0.2) is 64.4 Å². The highest BCUT2D eigenvalue weighted by Crippen LogP contribution is 2.23. The van der Waals surface area contributed by atoms with Crippen molar-refractivity contribution in [3.05, 3.63) is 60.2 Å². The zero-order valence-corrected chi connectivity index (χ0v) is 11.6. The summed E-state index contributed by atoms with van der Waals surface area (Å²) in [7, 11) is 0. The summed E-state index contributed by atoms with van der Waals surface area (Å²) in [4.78, 5) is 2.76. The van der Waals surface area contributed by atoms with Crippen LogP contribution in [0.3, 0.4) is 0 Å². The monoisotopic (exact) mass is 260 g/mol. The minimum absolute atomic E-state index is 1.14. The molecule has 2 rings (SSSR count). The Morgan fingerprint density at radius 2 is 1.59 bits per heavy atom. The normalized spacial score (nSPS) is 10.4. The van der Waals surface area contributed by atoms with Crippen molar-refractivity contribution in [2.75, 3.05) is 12.0 Å². The second kappa shape index (κ2) is 6.77. The lowest BCUT2D eigenvalue weighted by Gasteiger charge is -2.06. The molecule has 0 N–H and O–H groups in total. The molecule has 0 heterocycles. The molecule has 2 aromatic carbocycles. The van der Waals surface area contributed by atoms with Crippen LogP contribution in [-0.2, 0) is 6.42 Å². The SMILES string of the molecule is CSc1ccccc1CCSc1ccccc1. The minimum Gasteiger partial charge on any atom is -0.129 e. The van der Waals surface area contributed by atoms with Crippen LogP contribution < -0.4 is 0 Å². The first-order chi connectivity index (χ1) is 8.40. The molecule has 0 bridgehead atoms. The van der Waals surface area contributed by atoms with Crippen LogP contribution >= 0.6 is 23.5 Å². The molecule has 0 aliphatic rings. The van der Waals surface area contributed by atoms with Gasteiger partial charge in [0.25, 0.3) is 0 Å². The highest BCUT2D eigenvalue weighted by atomic mass is 32.2. The third-order valence-corrected chi connectivity index (χ3v) is 4.43. The summed E-state index contributed by atoms with van der Waals surface area (Å²) in [5, 5.41) is 0. The van der Waals surface area contributed by atoms with Gasteiger partial charge < -0.3 is 0 Å². The molecule has 0 saturated carbocycles. The van der Waals surface area contributed by atoms with Crippen molar-refractivity contribution in [2.24, 2.45) is 0 Å². The second-order valence-corrected chi connectivity index (χ2v) is 5.74. The molecule has 0 aromatic heterocycles. The topological polar surface area (TPSA) is 0 Å². The summed E-state index contributed by atoms with van der Waals surface area (Å²) in [6, 6.07) is 19.3. The summed E-state index contributed by atoms with van der Waals surface area (Å²) in [6.45, 7) is 0. The highest BCUT2D eigenvalue weighted by Gasteiger charge is 2.00. The van der Waals surface area contributed by atoms with Gasteiger partial charge in [0.2, 0.25) is 0 Å². The third kappa shape index (κ3) is 3.83. The number of hydrogen-bond acceptors (Lipinski definition) is 2. The molecule has 0 aliphatic carbocycles. The lowest BCUT2D eigenvalue weighted by atomic mass is 10.2. The van der Waals surface area contributed by atoms with Crippen LogP contribution in [0.25, 0.3) is 0 Å². The Hall–Kier alpha value is -0.860. The van der Waals surface area contributed by atoms with Gasteiger partial charge in [0.05, 0.1) is 0 Å². The molecule has 17 heavy (non-hydrogen) atoms. The Labute approximate surface area is 112 Å². The van der Waals surface area contributed by atoms with E-state index in [1.54, 1.807) is 0 Å². The third-order valence-electron chi connectivity index (χ3n) is 2.58. The quantitative estimate of drug-likeness (QED) is 0.712. The molecule has 0 atom stereocenters. The number of aryl methyl sites for hydroxylation is 1. The van der Waals surface area contributed by atoms with Crippen molar-refractivity contribution in [3.63, 3.8) is 0 Å². The molecule has 0 fully saturated rings. The van der Waals surface area contributed by atoms with Crippen molar-refractivity contribution in [3.8, 4) is 0 Å². The van der Waals surface area contributed by atoms with Gasteiger partial charge in [-0.05, 0) is 36.4 Å². The van der Waals surface area contributed by atoms with E-state index in [4.69, 9.17) is 0 Å². The molecule has 2 aromatic rings. The van der Waals surface area contributed by atoms with Gasteiger partial charge in [-0.2, -0.15) is 0 Å². The molecule has 0 aliphatic heterocycles. The minimum atomic E-state index is 1.14. The van der Waals surface area contributed by atoms with Crippen LogP contribution in [-0.4, -0.2) is 12.0 Å². The summed E-state index contributed by atoms with van der Waals surface area (Å²) in [5.41, 5.74) is 1.46. The fourth-order valence-electron chi connectivity index (χ4n) is 1.71. The predicted molar refractivity (Wildman–Crippen MR) is 79.1 cm³/mol. The summed E-state index contributed by atoms with van der Waals surface area (Å²) in [6.07, 6.45) is 3.28. The van der Waals surface area contributed by atoms with Gasteiger partial charge in [0.15, 0.2) is 0 Å². The van der Waals surface area contributed by atoms with Crippen molar-refractivity contribution in [2.45, 2.75) is 16.2 Å². The standard InChI is InChI=1S/C15H16S2/c1-16-15-10-6-5-7-13(15)11-12-17-14-8-3-2-4-9-14/h2-10H,11-12H2,1H3. The van der Waals surface area contributed by atoms with E-state index in [9.17, 15) is 0 Å². The van der Waals surface area contributed by atoms with E-state index in [0.717, 1.165) is 12.2 Å². The Kier molecular flexibility index (Phi) is 5.02. The van der Waals surface area contributed by atoms with E-state index in [2.05, 4.69) is 60.9 Å². The van der Waals surface area contributed by atoms with Crippen LogP contribution in [0.4, 0.5) is 0 Å². The lowest BCUT2D eigenvalue weighted by molar-refractivity contribution is 1.10. The average molecular weight is 260 g/mol. The Bertz CT molecular complexity index is 451. The molecule has 0 spiro atoms. The number of thioether (sulfide) groups is 2. The molecule has 0 saturated heterocycles. The van der Waals surface area contributed by atoms with Crippen LogP contribution in [0.5, 0.6) is 0 Å². The van der Waals surface area contributed by atoms with Gasteiger partial charge in [-0.3, -0.25) is 0 Å². The van der Waals surface area contributed by atoms with Crippen molar-refractivity contribution in [1.82, 2.24) is 0 Å². The molecule has 0 unspecified atom stereocenters. The largest absolute Gasteiger partial charge is 0.129 e. The predicted octanol–water partition coefficient (Wildman–Crippen LogP) is 4.74. The maximum absolute atomic E-state index is 2.23. The van der Waals surface area contributed by atoms with Crippen molar-refractivity contribution < 1.29 is 0 Å². The molecule has 0 radical (unpaired) electrons. The molecular weight excluding hydrogens is 244 g/mol. The Morgan fingerprint density at radius 1 is 0.882 bits per heavy atom. The van der Waals surface area contributed by atoms with Gasteiger partial charge in [0.1, 0.15) is 0 Å². The molecular formula is C15H16S2. The van der Waals surface area contributed by atoms with Crippen LogP contribution in [0.2, 0.25) is 0 Å². The number of rotatable bonds is 5. The maximum atomic E-state index is 2.23. The lowest BCUT2D eigenvalue weighted by Crippen LogP contribution is -1.90. The van der Waals surface area contributed by atoms with Gasteiger partial charge in [-0.25, -0.2) is 0 Å². The highest BCUT2D eigenvalue weighted by molar-refractivity contribution is 7.99. The first kappa shape index (κ1) is 12.6. The van der Waals surface area contributed by atoms with Gasteiger partial charge >= 0.3 is 0 Å². The van der Waals surface area contributed by atoms with E-state index in [-0.39, 0.29) is 0 Å². The van der Waals surface area contributed by atoms with E-state index in [0.29, 0.717) is 0 Å². The van der Waals surface area contributed by atoms with E-state index < -0.39 is 0 Å². The smallest absolute Gasteiger partial charge is 0.0101 e. The molecule has 88 valence electrons. The summed E-state index contributed by atoms with van der Waals surface area (Å²) < 4.78 is 0. The molecule has 0 nitrogen and oxygen atoms in total. The van der Waals surface area contributed by atoms with Gasteiger partial charge in [-0.15, -0.1) is 23.5 Å². The van der Waals surface area contributed by atoms with Gasteiger partial charge in [0, 0.05) is 15.5 Å². The maximum Gasteiger partial charge on any atom is 0.0101 e. The fourth-order valence-corrected chi connectivity index (χ4v) is 3.26. The fraction of sp³-hybridized carbons (Fsp3) is 0.200.